The van der Waals surface area contributed by atoms with E-state index in [2.05, 4.69) is 24.2 Å². The number of halogens is 1. The largest absolute Gasteiger partial charge is 0.465 e. The minimum absolute atomic E-state index is 0.347. The lowest BCUT2D eigenvalue weighted by atomic mass is 9.91. The Kier molecular flexibility index (Phi) is 5.48. The molecule has 1 saturated heterocycles. The Morgan fingerprint density at radius 1 is 1.52 bits per heavy atom. The number of methoxy groups -OCH3 is 1. The fourth-order valence-electron chi connectivity index (χ4n) is 2.88. The number of rotatable bonds is 4. The van der Waals surface area contributed by atoms with E-state index in [9.17, 15) is 4.79 Å². The number of esters is 1. The highest BCUT2D eigenvalue weighted by Gasteiger charge is 2.23. The van der Waals surface area contributed by atoms with E-state index in [1.54, 1.807) is 12.1 Å². The molecule has 116 valence electrons. The van der Waals surface area contributed by atoms with Crippen molar-refractivity contribution < 1.29 is 9.53 Å². The smallest absolute Gasteiger partial charge is 0.339 e. The van der Waals surface area contributed by atoms with Crippen LogP contribution in [0.5, 0.6) is 0 Å². The van der Waals surface area contributed by atoms with E-state index in [0.29, 0.717) is 22.5 Å². The Bertz CT molecular complexity index is 507. The summed E-state index contributed by atoms with van der Waals surface area (Å²) in [4.78, 5) is 14.0. The predicted octanol–water partition coefficient (Wildman–Crippen LogP) is 3.27. The standard InChI is InChI=1S/C16H23ClN2O2/c1-11(12-5-4-8-19(2)10-12)18-13-6-7-15(17)14(9-13)16(20)21-3/h6-7,9,11-12,18H,4-5,8,10H2,1-3H3. The van der Waals surface area contributed by atoms with Crippen LogP contribution in [-0.4, -0.2) is 44.2 Å². The van der Waals surface area contributed by atoms with Crippen molar-refractivity contribution >= 4 is 23.3 Å². The number of carbonyl (C=O) groups excluding carboxylic acids is 1. The predicted molar refractivity (Wildman–Crippen MR) is 86.1 cm³/mol. The number of anilines is 1. The minimum atomic E-state index is -0.409. The van der Waals surface area contributed by atoms with Gasteiger partial charge in [-0.1, -0.05) is 11.6 Å². The van der Waals surface area contributed by atoms with Crippen LogP contribution in [0, 0.1) is 5.92 Å². The van der Waals surface area contributed by atoms with Gasteiger partial charge in [0.25, 0.3) is 0 Å². The number of ether oxygens (including phenoxy) is 1. The summed E-state index contributed by atoms with van der Waals surface area (Å²) >= 11 is 6.04. The molecule has 2 atom stereocenters. The molecule has 2 unspecified atom stereocenters. The summed E-state index contributed by atoms with van der Waals surface area (Å²) in [6.07, 6.45) is 2.47. The van der Waals surface area contributed by atoms with Gasteiger partial charge >= 0.3 is 5.97 Å². The van der Waals surface area contributed by atoms with E-state index in [-0.39, 0.29) is 0 Å². The van der Waals surface area contributed by atoms with Crippen LogP contribution in [0.2, 0.25) is 5.02 Å². The average Bonchev–Trinajstić information content (AvgIpc) is 2.48. The van der Waals surface area contributed by atoms with E-state index in [1.807, 2.05) is 6.07 Å². The van der Waals surface area contributed by atoms with Crippen molar-refractivity contribution in [1.29, 1.82) is 0 Å². The van der Waals surface area contributed by atoms with Gasteiger partial charge in [-0.05, 0) is 57.5 Å². The average molecular weight is 311 g/mol. The Labute approximate surface area is 131 Å². The van der Waals surface area contributed by atoms with E-state index >= 15 is 0 Å². The van der Waals surface area contributed by atoms with Crippen LogP contribution in [0.1, 0.15) is 30.1 Å². The van der Waals surface area contributed by atoms with E-state index in [0.717, 1.165) is 12.2 Å². The summed E-state index contributed by atoms with van der Waals surface area (Å²) in [5.74, 6) is 0.203. The Hall–Kier alpha value is -1.26. The Morgan fingerprint density at radius 3 is 2.95 bits per heavy atom. The molecule has 2 rings (SSSR count). The number of nitrogens with zero attached hydrogens (tertiary/aromatic N) is 1. The number of carbonyl (C=O) groups is 1. The van der Waals surface area contributed by atoms with Crippen LogP contribution in [0.25, 0.3) is 0 Å². The molecular weight excluding hydrogens is 288 g/mol. The molecule has 0 aliphatic carbocycles. The van der Waals surface area contributed by atoms with Crippen molar-refractivity contribution in [2.75, 3.05) is 32.6 Å². The first-order chi connectivity index (χ1) is 10.0. The summed E-state index contributed by atoms with van der Waals surface area (Å²) < 4.78 is 4.75. The molecule has 1 aromatic carbocycles. The Balaban J connectivity index is 2.06. The normalized spacial score (nSPS) is 20.9. The van der Waals surface area contributed by atoms with Crippen LogP contribution in [0.15, 0.2) is 18.2 Å². The maximum Gasteiger partial charge on any atom is 0.339 e. The molecule has 0 radical (unpaired) electrons. The zero-order valence-electron chi connectivity index (χ0n) is 12.9. The molecule has 0 saturated carbocycles. The van der Waals surface area contributed by atoms with E-state index in [1.165, 1.54) is 26.5 Å². The van der Waals surface area contributed by atoms with Crippen molar-refractivity contribution in [1.82, 2.24) is 4.90 Å². The molecule has 5 heteroatoms. The van der Waals surface area contributed by atoms with Crippen molar-refractivity contribution in [3.63, 3.8) is 0 Å². The van der Waals surface area contributed by atoms with Gasteiger partial charge in [-0.3, -0.25) is 0 Å². The summed E-state index contributed by atoms with van der Waals surface area (Å²) in [7, 11) is 3.52. The van der Waals surface area contributed by atoms with Crippen molar-refractivity contribution in [2.24, 2.45) is 5.92 Å². The lowest BCUT2D eigenvalue weighted by Crippen LogP contribution is -2.39. The van der Waals surface area contributed by atoms with Crippen LogP contribution < -0.4 is 5.32 Å². The van der Waals surface area contributed by atoms with Gasteiger partial charge in [-0.2, -0.15) is 0 Å². The van der Waals surface area contributed by atoms with Crippen molar-refractivity contribution in [3.8, 4) is 0 Å². The summed E-state index contributed by atoms with van der Waals surface area (Å²) in [5.41, 5.74) is 1.30. The first kappa shape index (κ1) is 16.1. The third-order valence-corrected chi connectivity index (χ3v) is 4.46. The third-order valence-electron chi connectivity index (χ3n) is 4.13. The molecule has 1 fully saturated rings. The second kappa shape index (κ2) is 7.14. The molecule has 1 heterocycles. The number of likely N-dealkylation sites (tertiary alicyclic amines) is 1. The Morgan fingerprint density at radius 2 is 2.29 bits per heavy atom. The molecule has 1 aliphatic heterocycles. The number of hydrogen-bond donors (Lipinski definition) is 1. The van der Waals surface area contributed by atoms with Crippen LogP contribution in [0.3, 0.4) is 0 Å². The second-order valence-corrected chi connectivity index (χ2v) is 6.19. The zero-order chi connectivity index (χ0) is 15.4. The van der Waals surface area contributed by atoms with Gasteiger partial charge in [0.2, 0.25) is 0 Å². The number of hydrogen-bond acceptors (Lipinski definition) is 4. The van der Waals surface area contributed by atoms with Gasteiger partial charge in [0, 0.05) is 18.3 Å². The summed E-state index contributed by atoms with van der Waals surface area (Å²) in [6.45, 7) is 4.47. The first-order valence-corrected chi connectivity index (χ1v) is 7.72. The third kappa shape index (κ3) is 4.11. The lowest BCUT2D eigenvalue weighted by Gasteiger charge is -2.34. The van der Waals surface area contributed by atoms with Gasteiger partial charge in [-0.25, -0.2) is 4.79 Å². The maximum absolute atomic E-state index is 11.7. The molecule has 0 bridgehead atoms. The highest BCUT2D eigenvalue weighted by Crippen LogP contribution is 2.25. The number of benzene rings is 1. The highest BCUT2D eigenvalue weighted by molar-refractivity contribution is 6.33. The summed E-state index contributed by atoms with van der Waals surface area (Å²) in [5, 5.41) is 3.90. The maximum atomic E-state index is 11.7. The quantitative estimate of drug-likeness (QED) is 0.867. The van der Waals surface area contributed by atoms with Gasteiger partial charge in [-0.15, -0.1) is 0 Å². The topological polar surface area (TPSA) is 41.6 Å². The van der Waals surface area contributed by atoms with Gasteiger partial charge < -0.3 is 15.0 Å². The van der Waals surface area contributed by atoms with E-state index < -0.39 is 5.97 Å². The van der Waals surface area contributed by atoms with Crippen LogP contribution in [-0.2, 0) is 4.74 Å². The molecule has 21 heavy (non-hydrogen) atoms. The molecule has 1 N–H and O–H groups in total. The van der Waals surface area contributed by atoms with Crippen LogP contribution >= 0.6 is 11.6 Å². The van der Waals surface area contributed by atoms with Crippen molar-refractivity contribution in [2.45, 2.75) is 25.8 Å². The molecule has 4 nitrogen and oxygen atoms in total. The SMILES string of the molecule is COC(=O)c1cc(NC(C)C2CCCN(C)C2)ccc1Cl. The number of piperidine rings is 1. The summed E-state index contributed by atoms with van der Waals surface area (Å²) in [6, 6.07) is 5.74. The molecule has 0 spiro atoms. The zero-order valence-corrected chi connectivity index (χ0v) is 13.6. The van der Waals surface area contributed by atoms with Crippen LogP contribution in [0.4, 0.5) is 5.69 Å². The second-order valence-electron chi connectivity index (χ2n) is 5.78. The number of nitrogens with one attached hydrogen (secondary N) is 1. The van der Waals surface area contributed by atoms with Gasteiger partial charge in [0.15, 0.2) is 0 Å². The highest BCUT2D eigenvalue weighted by atomic mass is 35.5. The van der Waals surface area contributed by atoms with Gasteiger partial charge in [0.05, 0.1) is 17.7 Å². The first-order valence-electron chi connectivity index (χ1n) is 7.34. The molecular formula is C16H23ClN2O2. The van der Waals surface area contributed by atoms with Gasteiger partial charge in [0.1, 0.15) is 0 Å². The lowest BCUT2D eigenvalue weighted by molar-refractivity contribution is 0.0601. The molecule has 1 aliphatic rings. The molecule has 1 aromatic rings. The fourth-order valence-corrected chi connectivity index (χ4v) is 3.07. The van der Waals surface area contributed by atoms with E-state index in [4.69, 9.17) is 16.3 Å². The molecule has 0 aromatic heterocycles. The minimum Gasteiger partial charge on any atom is -0.465 e. The molecule has 0 amide bonds. The fraction of sp³-hybridized carbons (Fsp3) is 0.562. The van der Waals surface area contributed by atoms with Crippen molar-refractivity contribution in [3.05, 3.63) is 28.8 Å². The monoisotopic (exact) mass is 310 g/mol.